The molecule has 0 aromatic heterocycles. The van der Waals surface area contributed by atoms with E-state index >= 15 is 0 Å². The summed E-state index contributed by atoms with van der Waals surface area (Å²) in [4.78, 5) is 9.66. The second kappa shape index (κ2) is 8.05. The number of aliphatic hydroxyl groups excluding tert-OH is 1. The minimum atomic E-state index is -0.0313. The number of nitrogens with zero attached hydrogens (tertiary/aromatic N) is 2. The fourth-order valence-corrected chi connectivity index (χ4v) is 3.33. The van der Waals surface area contributed by atoms with Crippen LogP contribution in [0.1, 0.15) is 66.2 Å². The number of allylic oxidation sites excluding steroid dienone is 3. The van der Waals surface area contributed by atoms with Crippen molar-refractivity contribution in [3.63, 3.8) is 0 Å². The van der Waals surface area contributed by atoms with Crippen molar-refractivity contribution in [2.75, 3.05) is 13.2 Å². The highest BCUT2D eigenvalue weighted by molar-refractivity contribution is 5.99. The fraction of sp³-hybridized carbons (Fsp3) is 0.700. The van der Waals surface area contributed by atoms with Gasteiger partial charge in [0.05, 0.1) is 6.54 Å². The molecule has 0 saturated heterocycles. The summed E-state index contributed by atoms with van der Waals surface area (Å²) in [7, 11) is 0. The lowest BCUT2D eigenvalue weighted by atomic mass is 9.87. The average Bonchev–Trinajstić information content (AvgIpc) is 3.03. The lowest BCUT2D eigenvalue weighted by Gasteiger charge is -2.22. The number of rotatable bonds is 5. The molecule has 1 fully saturated rings. The predicted octanol–water partition coefficient (Wildman–Crippen LogP) is 4.72. The van der Waals surface area contributed by atoms with Gasteiger partial charge in [0.2, 0.25) is 0 Å². The van der Waals surface area contributed by atoms with Crippen LogP contribution in [0.5, 0.6) is 0 Å². The molecular formula is C20H32N2O. The quantitative estimate of drug-likeness (QED) is 0.783. The molecule has 0 unspecified atom stereocenters. The summed E-state index contributed by atoms with van der Waals surface area (Å²) in [5.74, 6) is 0.619. The van der Waals surface area contributed by atoms with Gasteiger partial charge in [-0.15, -0.1) is 0 Å². The van der Waals surface area contributed by atoms with E-state index in [-0.39, 0.29) is 12.0 Å². The van der Waals surface area contributed by atoms with Crippen LogP contribution in [0, 0.1) is 11.3 Å². The average molecular weight is 316 g/mol. The topological polar surface area (TPSA) is 45.0 Å². The molecular weight excluding hydrogens is 284 g/mol. The molecule has 3 heteroatoms. The van der Waals surface area contributed by atoms with Crippen LogP contribution in [0.2, 0.25) is 0 Å². The molecule has 0 spiro atoms. The summed E-state index contributed by atoms with van der Waals surface area (Å²) in [5.41, 5.74) is 4.65. The van der Waals surface area contributed by atoms with Crippen molar-refractivity contribution >= 4 is 11.4 Å². The molecule has 2 rings (SSSR count). The second-order valence-corrected chi connectivity index (χ2v) is 7.89. The molecule has 0 atom stereocenters. The third kappa shape index (κ3) is 5.72. The highest BCUT2D eigenvalue weighted by atomic mass is 16.3. The second-order valence-electron chi connectivity index (χ2n) is 7.89. The van der Waals surface area contributed by atoms with Gasteiger partial charge in [0.25, 0.3) is 0 Å². The van der Waals surface area contributed by atoms with Gasteiger partial charge in [-0.05, 0) is 62.7 Å². The van der Waals surface area contributed by atoms with E-state index in [2.05, 4.69) is 39.8 Å². The summed E-state index contributed by atoms with van der Waals surface area (Å²) in [5, 5.41) is 9.46. The maximum atomic E-state index is 9.46. The standard InChI is InChI=1S/C20H32N2O/c1-15-11-17(9-10-20(3,4)14-23)13-21-19(12-16(2)22-15)18-7-5-6-8-18/h11-12,18,23H,5-10,13-14H2,1-4H3/b16-12+,17-11?,21-19?,22-15?. The fourth-order valence-electron chi connectivity index (χ4n) is 3.33. The highest BCUT2D eigenvalue weighted by Crippen LogP contribution is 2.28. The maximum absolute atomic E-state index is 9.46. The molecule has 0 aromatic carbocycles. The largest absolute Gasteiger partial charge is 0.396 e. The molecule has 1 N–H and O–H groups in total. The summed E-state index contributed by atoms with van der Waals surface area (Å²) in [6.45, 7) is 9.36. The van der Waals surface area contributed by atoms with Crippen LogP contribution in [-0.4, -0.2) is 29.7 Å². The monoisotopic (exact) mass is 316 g/mol. The number of hydrogen-bond donors (Lipinski definition) is 1. The van der Waals surface area contributed by atoms with Crippen molar-refractivity contribution in [1.29, 1.82) is 0 Å². The van der Waals surface area contributed by atoms with Crippen LogP contribution < -0.4 is 0 Å². The maximum Gasteiger partial charge on any atom is 0.0606 e. The Morgan fingerprint density at radius 3 is 2.52 bits per heavy atom. The van der Waals surface area contributed by atoms with Gasteiger partial charge in [0.1, 0.15) is 0 Å². The first-order valence-corrected chi connectivity index (χ1v) is 8.98. The molecule has 128 valence electrons. The van der Waals surface area contributed by atoms with Gasteiger partial charge in [-0.25, -0.2) is 0 Å². The van der Waals surface area contributed by atoms with Gasteiger partial charge in [-0.2, -0.15) is 0 Å². The van der Waals surface area contributed by atoms with Gasteiger partial charge < -0.3 is 5.11 Å². The van der Waals surface area contributed by atoms with E-state index in [4.69, 9.17) is 9.98 Å². The van der Waals surface area contributed by atoms with Crippen LogP contribution in [0.15, 0.2) is 33.4 Å². The van der Waals surface area contributed by atoms with E-state index in [0.717, 1.165) is 30.8 Å². The molecule has 1 heterocycles. The molecule has 0 aromatic rings. The minimum Gasteiger partial charge on any atom is -0.396 e. The molecule has 2 aliphatic rings. The Labute approximate surface area is 141 Å². The lowest BCUT2D eigenvalue weighted by molar-refractivity contribution is 0.150. The van der Waals surface area contributed by atoms with E-state index < -0.39 is 0 Å². The van der Waals surface area contributed by atoms with E-state index in [0.29, 0.717) is 5.92 Å². The van der Waals surface area contributed by atoms with Gasteiger partial charge in [0, 0.05) is 29.6 Å². The van der Waals surface area contributed by atoms with Crippen molar-refractivity contribution in [3.05, 3.63) is 23.4 Å². The Kier molecular flexibility index (Phi) is 6.34. The smallest absolute Gasteiger partial charge is 0.0606 e. The number of hydrogen-bond acceptors (Lipinski definition) is 3. The van der Waals surface area contributed by atoms with Crippen molar-refractivity contribution < 1.29 is 5.11 Å². The third-order valence-corrected chi connectivity index (χ3v) is 4.91. The van der Waals surface area contributed by atoms with Crippen LogP contribution in [0.4, 0.5) is 0 Å². The van der Waals surface area contributed by atoms with Gasteiger partial charge in [0.15, 0.2) is 0 Å². The van der Waals surface area contributed by atoms with Crippen molar-refractivity contribution in [1.82, 2.24) is 0 Å². The first-order chi connectivity index (χ1) is 10.9. The van der Waals surface area contributed by atoms with Crippen LogP contribution in [-0.2, 0) is 0 Å². The summed E-state index contributed by atoms with van der Waals surface area (Å²) in [6, 6.07) is 0. The highest BCUT2D eigenvalue weighted by Gasteiger charge is 2.21. The SMILES string of the molecule is CC1=N/C(C)=C/C(C2CCCC2)=NCC(CCC(C)(C)CO)=C1. The summed E-state index contributed by atoms with van der Waals surface area (Å²) >= 11 is 0. The Hall–Kier alpha value is -1.22. The van der Waals surface area contributed by atoms with Gasteiger partial charge in [-0.1, -0.05) is 26.7 Å². The molecule has 0 bridgehead atoms. The zero-order valence-corrected chi connectivity index (χ0v) is 15.2. The van der Waals surface area contributed by atoms with Gasteiger partial charge in [-0.3, -0.25) is 9.98 Å². The normalized spacial score (nSPS) is 23.2. The number of aliphatic imine (C=N–C) groups is 2. The Morgan fingerprint density at radius 1 is 1.17 bits per heavy atom. The van der Waals surface area contributed by atoms with Crippen molar-refractivity contribution in [3.8, 4) is 0 Å². The molecule has 1 aliphatic carbocycles. The lowest BCUT2D eigenvalue weighted by Crippen LogP contribution is -2.17. The first kappa shape index (κ1) is 18.1. The first-order valence-electron chi connectivity index (χ1n) is 8.98. The Morgan fingerprint density at radius 2 is 1.87 bits per heavy atom. The molecule has 1 aliphatic heterocycles. The van der Waals surface area contributed by atoms with E-state index in [1.807, 2.05) is 0 Å². The molecule has 1 saturated carbocycles. The minimum absolute atomic E-state index is 0.0313. The van der Waals surface area contributed by atoms with E-state index in [9.17, 15) is 5.11 Å². The molecule has 0 radical (unpaired) electrons. The van der Waals surface area contributed by atoms with Crippen LogP contribution in [0.25, 0.3) is 0 Å². The van der Waals surface area contributed by atoms with E-state index in [1.54, 1.807) is 0 Å². The molecule has 0 amide bonds. The molecule has 23 heavy (non-hydrogen) atoms. The van der Waals surface area contributed by atoms with Crippen molar-refractivity contribution in [2.24, 2.45) is 21.3 Å². The summed E-state index contributed by atoms with van der Waals surface area (Å²) in [6.07, 6.45) is 11.5. The zero-order valence-electron chi connectivity index (χ0n) is 15.2. The van der Waals surface area contributed by atoms with E-state index in [1.165, 1.54) is 37.0 Å². The third-order valence-electron chi connectivity index (χ3n) is 4.91. The Balaban J connectivity index is 2.17. The summed E-state index contributed by atoms with van der Waals surface area (Å²) < 4.78 is 0. The van der Waals surface area contributed by atoms with Crippen LogP contribution >= 0.6 is 0 Å². The van der Waals surface area contributed by atoms with Crippen LogP contribution in [0.3, 0.4) is 0 Å². The Bertz CT molecular complexity index is 532. The van der Waals surface area contributed by atoms with Crippen molar-refractivity contribution in [2.45, 2.75) is 66.2 Å². The number of aliphatic hydroxyl groups is 1. The zero-order chi connectivity index (χ0) is 16.9. The van der Waals surface area contributed by atoms with Gasteiger partial charge >= 0.3 is 0 Å². The predicted molar refractivity (Wildman–Crippen MR) is 99.3 cm³/mol. The molecule has 3 nitrogen and oxygen atoms in total.